The summed E-state index contributed by atoms with van der Waals surface area (Å²) in [6, 6.07) is 3.79. The first-order valence-corrected chi connectivity index (χ1v) is 9.70. The first-order chi connectivity index (χ1) is 11.6. The second-order valence-corrected chi connectivity index (χ2v) is 7.64. The highest BCUT2D eigenvalue weighted by atomic mass is 79.9. The van der Waals surface area contributed by atoms with Crippen LogP contribution in [0.3, 0.4) is 0 Å². The largest absolute Gasteiger partial charge is 0.507 e. The van der Waals surface area contributed by atoms with E-state index in [2.05, 4.69) is 22.5 Å². The van der Waals surface area contributed by atoms with Crippen LogP contribution in [0.4, 0.5) is 0 Å². The molecule has 3 rings (SSSR count). The zero-order valence-electron chi connectivity index (χ0n) is 14.1. The molecule has 128 valence electrons. The SMILES string of the molecule is C=C1CCCCC/C=C(/Br)C(O)=C1c1c(O)ccc2c1CCCC2. The topological polar surface area (TPSA) is 40.5 Å². The van der Waals surface area contributed by atoms with Gasteiger partial charge in [0.1, 0.15) is 11.5 Å². The van der Waals surface area contributed by atoms with Crippen LogP contribution in [0.5, 0.6) is 5.75 Å². The number of halogens is 1. The number of fused-ring (bicyclic) bond motifs is 1. The molecule has 0 spiro atoms. The third kappa shape index (κ3) is 3.46. The predicted molar refractivity (Wildman–Crippen MR) is 104 cm³/mol. The van der Waals surface area contributed by atoms with Crippen molar-refractivity contribution in [2.45, 2.75) is 57.8 Å². The first kappa shape index (κ1) is 17.3. The van der Waals surface area contributed by atoms with Crippen LogP contribution in [0.15, 0.2) is 40.6 Å². The number of benzene rings is 1. The fraction of sp³-hybridized carbons (Fsp3) is 0.429. The molecule has 0 radical (unpaired) electrons. The Morgan fingerprint density at radius 3 is 2.50 bits per heavy atom. The molecule has 0 unspecified atom stereocenters. The van der Waals surface area contributed by atoms with Gasteiger partial charge in [0.15, 0.2) is 0 Å². The monoisotopic (exact) mass is 388 g/mol. The average molecular weight is 389 g/mol. The number of aliphatic hydroxyl groups excluding tert-OH is 1. The van der Waals surface area contributed by atoms with E-state index in [1.54, 1.807) is 6.07 Å². The van der Waals surface area contributed by atoms with E-state index < -0.39 is 0 Å². The maximum atomic E-state index is 10.9. The molecule has 0 aliphatic heterocycles. The van der Waals surface area contributed by atoms with Crippen molar-refractivity contribution in [3.8, 4) is 5.75 Å². The van der Waals surface area contributed by atoms with Gasteiger partial charge in [0, 0.05) is 11.1 Å². The minimum Gasteiger partial charge on any atom is -0.507 e. The van der Waals surface area contributed by atoms with Crippen LogP contribution in [-0.2, 0) is 12.8 Å². The molecule has 0 heterocycles. The Morgan fingerprint density at radius 2 is 1.67 bits per heavy atom. The molecule has 2 aliphatic carbocycles. The zero-order chi connectivity index (χ0) is 17.1. The number of phenolic OH excluding ortho intramolecular Hbond substituents is 1. The van der Waals surface area contributed by atoms with Crippen molar-refractivity contribution in [2.75, 3.05) is 0 Å². The summed E-state index contributed by atoms with van der Waals surface area (Å²) in [6.45, 7) is 4.24. The number of aliphatic hydroxyl groups is 1. The molecule has 2 nitrogen and oxygen atoms in total. The lowest BCUT2D eigenvalue weighted by Crippen LogP contribution is -2.08. The Labute approximate surface area is 152 Å². The molecule has 0 fully saturated rings. The molecule has 24 heavy (non-hydrogen) atoms. The fourth-order valence-electron chi connectivity index (χ4n) is 3.79. The zero-order valence-corrected chi connectivity index (χ0v) is 15.7. The number of aromatic hydroxyl groups is 1. The van der Waals surface area contributed by atoms with Gasteiger partial charge < -0.3 is 10.2 Å². The number of allylic oxidation sites excluding steroid dienone is 4. The van der Waals surface area contributed by atoms with E-state index in [0.717, 1.165) is 68.1 Å². The van der Waals surface area contributed by atoms with Gasteiger partial charge in [-0.2, -0.15) is 0 Å². The van der Waals surface area contributed by atoms with Gasteiger partial charge >= 0.3 is 0 Å². The van der Waals surface area contributed by atoms with Crippen LogP contribution < -0.4 is 0 Å². The summed E-state index contributed by atoms with van der Waals surface area (Å²) in [5.74, 6) is 0.451. The summed E-state index contributed by atoms with van der Waals surface area (Å²) in [5.41, 5.74) is 4.89. The minimum absolute atomic E-state index is 0.205. The molecule has 3 heteroatoms. The lowest BCUT2D eigenvalue weighted by Gasteiger charge is -2.24. The first-order valence-electron chi connectivity index (χ1n) is 8.91. The van der Waals surface area contributed by atoms with Crippen molar-refractivity contribution in [1.29, 1.82) is 0 Å². The van der Waals surface area contributed by atoms with E-state index in [-0.39, 0.29) is 11.5 Å². The summed E-state index contributed by atoms with van der Waals surface area (Å²) in [7, 11) is 0. The maximum Gasteiger partial charge on any atom is 0.137 e. The van der Waals surface area contributed by atoms with Crippen LogP contribution in [0.25, 0.3) is 5.57 Å². The number of hydrogen-bond acceptors (Lipinski definition) is 2. The molecule has 1 aromatic carbocycles. The predicted octanol–water partition coefficient (Wildman–Crippen LogP) is 6.34. The second kappa shape index (κ2) is 7.60. The van der Waals surface area contributed by atoms with Crippen molar-refractivity contribution in [1.82, 2.24) is 0 Å². The van der Waals surface area contributed by atoms with Crippen molar-refractivity contribution in [3.63, 3.8) is 0 Å². The maximum absolute atomic E-state index is 10.9. The third-order valence-corrected chi connectivity index (χ3v) is 5.78. The van der Waals surface area contributed by atoms with Gasteiger partial charge in [-0.1, -0.05) is 25.1 Å². The Balaban J connectivity index is 2.21. The van der Waals surface area contributed by atoms with Gasteiger partial charge in [-0.25, -0.2) is 0 Å². The van der Waals surface area contributed by atoms with E-state index in [1.807, 2.05) is 12.1 Å². The van der Waals surface area contributed by atoms with Gasteiger partial charge in [-0.05, 0) is 90.1 Å². The fourth-order valence-corrected chi connectivity index (χ4v) is 4.21. The molecule has 2 aliphatic rings. The number of hydrogen-bond donors (Lipinski definition) is 2. The van der Waals surface area contributed by atoms with Gasteiger partial charge in [-0.3, -0.25) is 0 Å². The molecule has 2 N–H and O–H groups in total. The van der Waals surface area contributed by atoms with Crippen molar-refractivity contribution < 1.29 is 10.2 Å². The van der Waals surface area contributed by atoms with E-state index >= 15 is 0 Å². The quantitative estimate of drug-likeness (QED) is 0.588. The Kier molecular flexibility index (Phi) is 5.50. The highest BCUT2D eigenvalue weighted by Crippen LogP contribution is 2.42. The number of aryl methyl sites for hydroxylation is 1. The Hall–Kier alpha value is -1.48. The summed E-state index contributed by atoms with van der Waals surface area (Å²) < 4.78 is 0.702. The number of phenols is 1. The summed E-state index contributed by atoms with van der Waals surface area (Å²) in [5, 5.41) is 21.5. The normalized spacial score (nSPS) is 21.9. The van der Waals surface area contributed by atoms with Gasteiger partial charge in [-0.15, -0.1) is 0 Å². The lowest BCUT2D eigenvalue weighted by molar-refractivity contribution is 0.430. The molecular formula is C21H25BrO2. The lowest BCUT2D eigenvalue weighted by atomic mass is 9.82. The van der Waals surface area contributed by atoms with E-state index in [9.17, 15) is 10.2 Å². The van der Waals surface area contributed by atoms with Crippen LogP contribution >= 0.6 is 15.9 Å². The van der Waals surface area contributed by atoms with E-state index in [4.69, 9.17) is 0 Å². The molecule has 0 saturated heterocycles. The number of rotatable bonds is 1. The third-order valence-electron chi connectivity index (χ3n) is 5.08. The summed E-state index contributed by atoms with van der Waals surface area (Å²) in [6.07, 6.45) is 11.5. The summed E-state index contributed by atoms with van der Waals surface area (Å²) >= 11 is 3.51. The standard InChI is InChI=1S/C21H25BrO2/c1-14-8-4-2-3-5-11-17(22)21(24)19(14)20-16-10-7-6-9-15(16)12-13-18(20)23/h11-13,23-24H,1-10H2/b17-11+,21-19?. The molecule has 0 bridgehead atoms. The molecule has 1 aromatic rings. The Bertz CT molecular complexity index is 713. The Morgan fingerprint density at radius 1 is 0.917 bits per heavy atom. The van der Waals surface area contributed by atoms with Gasteiger partial charge in [0.25, 0.3) is 0 Å². The van der Waals surface area contributed by atoms with Gasteiger partial charge in [0.05, 0.1) is 4.48 Å². The van der Waals surface area contributed by atoms with Crippen LogP contribution in [-0.4, -0.2) is 10.2 Å². The van der Waals surface area contributed by atoms with Gasteiger partial charge in [0.2, 0.25) is 0 Å². The van der Waals surface area contributed by atoms with Crippen LogP contribution in [0, 0.1) is 0 Å². The second-order valence-electron chi connectivity index (χ2n) is 6.78. The van der Waals surface area contributed by atoms with E-state index in [0.29, 0.717) is 4.48 Å². The minimum atomic E-state index is 0.205. The molecular weight excluding hydrogens is 364 g/mol. The van der Waals surface area contributed by atoms with Crippen molar-refractivity contribution >= 4 is 21.5 Å². The molecule has 0 aromatic heterocycles. The van der Waals surface area contributed by atoms with Crippen molar-refractivity contribution in [3.05, 3.63) is 57.3 Å². The average Bonchev–Trinajstić information content (AvgIpc) is 2.59. The van der Waals surface area contributed by atoms with Crippen LogP contribution in [0.2, 0.25) is 0 Å². The smallest absolute Gasteiger partial charge is 0.137 e. The highest BCUT2D eigenvalue weighted by molar-refractivity contribution is 9.12. The van der Waals surface area contributed by atoms with E-state index in [1.165, 1.54) is 17.5 Å². The molecule has 0 amide bonds. The van der Waals surface area contributed by atoms with Crippen molar-refractivity contribution in [2.24, 2.45) is 0 Å². The molecule has 0 atom stereocenters. The van der Waals surface area contributed by atoms with Crippen LogP contribution in [0.1, 0.15) is 61.6 Å². The summed E-state index contributed by atoms with van der Waals surface area (Å²) in [4.78, 5) is 0. The highest BCUT2D eigenvalue weighted by Gasteiger charge is 2.24. The molecule has 0 saturated carbocycles.